The lowest BCUT2D eigenvalue weighted by Gasteiger charge is -2.16. The molecule has 2 rings (SSSR count). The van der Waals surface area contributed by atoms with Crippen molar-refractivity contribution < 1.29 is 0 Å². The van der Waals surface area contributed by atoms with Crippen LogP contribution in [-0.2, 0) is 0 Å². The molecule has 2 N–H and O–H groups in total. The number of nitrogens with two attached hydrogens (primary N) is 1. The highest BCUT2D eigenvalue weighted by molar-refractivity contribution is 5.35. The predicted molar refractivity (Wildman–Crippen MR) is 68.1 cm³/mol. The molecular weight excluding hydrogens is 194 g/mol. The molecule has 0 aliphatic carbocycles. The zero-order valence-corrected chi connectivity index (χ0v) is 9.21. The predicted octanol–water partition coefficient (Wildman–Crippen LogP) is 2.98. The molecule has 0 atom stereocenters. The smallest absolute Gasteiger partial charge is 0.0133 e. The molecule has 0 saturated carbocycles. The van der Waals surface area contributed by atoms with Crippen LogP contribution in [0.3, 0.4) is 0 Å². The molecule has 0 aliphatic rings. The fourth-order valence-electron chi connectivity index (χ4n) is 1.92. The fraction of sp³-hybridized carbons (Fsp3) is 0.133. The van der Waals surface area contributed by atoms with Crippen molar-refractivity contribution in [1.29, 1.82) is 0 Å². The first-order valence-electron chi connectivity index (χ1n) is 5.55. The first-order chi connectivity index (χ1) is 7.92. The quantitative estimate of drug-likeness (QED) is 0.825. The van der Waals surface area contributed by atoms with Crippen molar-refractivity contribution in [3.05, 3.63) is 78.2 Å². The summed E-state index contributed by atoms with van der Waals surface area (Å²) in [6.07, 6.45) is 2.14. The molecule has 0 saturated heterocycles. The standard InChI is InChI=1S/C15H16N/c16-12-11-15(13-7-3-1-4-8-13)14-9-5-2-6-10-14/h1-11,15H,12,16H2. The lowest BCUT2D eigenvalue weighted by Crippen LogP contribution is -2.09. The number of hydrogen-bond donors (Lipinski definition) is 1. The van der Waals surface area contributed by atoms with Crippen LogP contribution in [0.4, 0.5) is 0 Å². The molecule has 81 valence electrons. The van der Waals surface area contributed by atoms with Gasteiger partial charge in [0.15, 0.2) is 0 Å². The number of hydrogen-bond acceptors (Lipinski definition) is 1. The normalized spacial score (nSPS) is 10.6. The minimum atomic E-state index is 0.299. The molecule has 2 aromatic carbocycles. The van der Waals surface area contributed by atoms with Crippen LogP contribution in [0.25, 0.3) is 0 Å². The van der Waals surface area contributed by atoms with E-state index in [2.05, 4.69) is 55.0 Å². The third-order valence-corrected chi connectivity index (χ3v) is 2.69. The van der Waals surface area contributed by atoms with E-state index in [0.717, 1.165) is 0 Å². The van der Waals surface area contributed by atoms with E-state index in [-0.39, 0.29) is 0 Å². The van der Waals surface area contributed by atoms with Crippen molar-refractivity contribution >= 4 is 0 Å². The maximum Gasteiger partial charge on any atom is 0.0133 e. The SMILES string of the molecule is NC[CH]C(c1ccccc1)c1ccccc1. The molecule has 16 heavy (non-hydrogen) atoms. The summed E-state index contributed by atoms with van der Waals surface area (Å²) in [6.45, 7) is 0.592. The molecule has 0 amide bonds. The van der Waals surface area contributed by atoms with Crippen LogP contribution in [0.15, 0.2) is 60.7 Å². The van der Waals surface area contributed by atoms with Gasteiger partial charge in [-0.3, -0.25) is 0 Å². The average molecular weight is 210 g/mol. The van der Waals surface area contributed by atoms with Gasteiger partial charge in [0, 0.05) is 5.92 Å². The third-order valence-electron chi connectivity index (χ3n) is 2.69. The fourth-order valence-corrected chi connectivity index (χ4v) is 1.92. The van der Waals surface area contributed by atoms with Gasteiger partial charge >= 0.3 is 0 Å². The molecule has 0 fully saturated rings. The summed E-state index contributed by atoms with van der Waals surface area (Å²) in [7, 11) is 0. The van der Waals surface area contributed by atoms with Crippen LogP contribution in [0.2, 0.25) is 0 Å². The maximum atomic E-state index is 5.65. The molecule has 2 aromatic rings. The average Bonchev–Trinajstić information content (AvgIpc) is 2.38. The van der Waals surface area contributed by atoms with Crippen LogP contribution in [0.1, 0.15) is 17.0 Å². The Balaban J connectivity index is 2.31. The van der Waals surface area contributed by atoms with E-state index in [1.807, 2.05) is 12.1 Å². The van der Waals surface area contributed by atoms with E-state index in [0.29, 0.717) is 12.5 Å². The summed E-state index contributed by atoms with van der Waals surface area (Å²) < 4.78 is 0. The summed E-state index contributed by atoms with van der Waals surface area (Å²) in [5, 5.41) is 0. The molecule has 0 spiro atoms. The highest BCUT2D eigenvalue weighted by Crippen LogP contribution is 2.26. The van der Waals surface area contributed by atoms with E-state index in [1.165, 1.54) is 11.1 Å². The minimum absolute atomic E-state index is 0.299. The van der Waals surface area contributed by atoms with Gasteiger partial charge in [-0.1, -0.05) is 60.7 Å². The van der Waals surface area contributed by atoms with Gasteiger partial charge in [-0.2, -0.15) is 0 Å². The Morgan fingerprint density at radius 3 is 1.62 bits per heavy atom. The second-order valence-electron chi connectivity index (χ2n) is 3.77. The van der Waals surface area contributed by atoms with E-state index in [9.17, 15) is 0 Å². The van der Waals surface area contributed by atoms with Gasteiger partial charge in [0.2, 0.25) is 0 Å². The van der Waals surface area contributed by atoms with Crippen molar-refractivity contribution in [3.8, 4) is 0 Å². The molecule has 1 radical (unpaired) electrons. The lowest BCUT2D eigenvalue weighted by atomic mass is 9.89. The van der Waals surface area contributed by atoms with Gasteiger partial charge in [-0.05, 0) is 24.1 Å². The van der Waals surface area contributed by atoms with Crippen LogP contribution in [-0.4, -0.2) is 6.54 Å². The Morgan fingerprint density at radius 1 is 0.812 bits per heavy atom. The third kappa shape index (κ3) is 2.50. The molecule has 0 bridgehead atoms. The van der Waals surface area contributed by atoms with E-state index < -0.39 is 0 Å². The molecule has 0 heterocycles. The molecule has 0 aliphatic heterocycles. The Bertz CT molecular complexity index is 368. The number of benzene rings is 2. The van der Waals surface area contributed by atoms with Gasteiger partial charge in [-0.15, -0.1) is 0 Å². The van der Waals surface area contributed by atoms with E-state index in [4.69, 9.17) is 5.73 Å². The number of rotatable bonds is 4. The highest BCUT2D eigenvalue weighted by Gasteiger charge is 2.12. The largest absolute Gasteiger partial charge is 0.330 e. The van der Waals surface area contributed by atoms with E-state index >= 15 is 0 Å². The van der Waals surface area contributed by atoms with Crippen LogP contribution in [0, 0.1) is 6.42 Å². The molecule has 1 nitrogen and oxygen atoms in total. The second-order valence-corrected chi connectivity index (χ2v) is 3.77. The molecule has 0 unspecified atom stereocenters. The summed E-state index contributed by atoms with van der Waals surface area (Å²) in [5.41, 5.74) is 8.23. The van der Waals surface area contributed by atoms with Gasteiger partial charge in [0.05, 0.1) is 0 Å². The Labute approximate surface area is 96.9 Å². The molecule has 1 heteroatoms. The van der Waals surface area contributed by atoms with Crippen molar-refractivity contribution in [3.63, 3.8) is 0 Å². The highest BCUT2D eigenvalue weighted by atomic mass is 14.5. The van der Waals surface area contributed by atoms with Gasteiger partial charge in [-0.25, -0.2) is 0 Å². The molecule has 0 aromatic heterocycles. The first-order valence-corrected chi connectivity index (χ1v) is 5.55. The van der Waals surface area contributed by atoms with Gasteiger partial charge < -0.3 is 5.73 Å². The Morgan fingerprint density at radius 2 is 1.25 bits per heavy atom. The lowest BCUT2D eigenvalue weighted by molar-refractivity contribution is 0.893. The maximum absolute atomic E-state index is 5.65. The van der Waals surface area contributed by atoms with Gasteiger partial charge in [0.1, 0.15) is 0 Å². The van der Waals surface area contributed by atoms with Crippen LogP contribution >= 0.6 is 0 Å². The summed E-state index contributed by atoms with van der Waals surface area (Å²) in [5.74, 6) is 0.299. The zero-order valence-electron chi connectivity index (χ0n) is 9.21. The molecular formula is C15H16N. The second kappa shape index (κ2) is 5.47. The monoisotopic (exact) mass is 210 g/mol. The van der Waals surface area contributed by atoms with Crippen LogP contribution < -0.4 is 5.73 Å². The van der Waals surface area contributed by atoms with Crippen molar-refractivity contribution in [1.82, 2.24) is 0 Å². The Kier molecular flexibility index (Phi) is 3.73. The topological polar surface area (TPSA) is 26.0 Å². The summed E-state index contributed by atoms with van der Waals surface area (Å²) in [6, 6.07) is 20.9. The zero-order chi connectivity index (χ0) is 11.2. The summed E-state index contributed by atoms with van der Waals surface area (Å²) in [4.78, 5) is 0. The van der Waals surface area contributed by atoms with E-state index in [1.54, 1.807) is 0 Å². The Hall–Kier alpha value is -1.60. The van der Waals surface area contributed by atoms with Gasteiger partial charge in [0.25, 0.3) is 0 Å². The minimum Gasteiger partial charge on any atom is -0.330 e. The van der Waals surface area contributed by atoms with Crippen molar-refractivity contribution in [2.24, 2.45) is 5.73 Å². The van der Waals surface area contributed by atoms with Crippen molar-refractivity contribution in [2.75, 3.05) is 6.54 Å². The van der Waals surface area contributed by atoms with Crippen LogP contribution in [0.5, 0.6) is 0 Å². The first kappa shape index (κ1) is 10.9. The summed E-state index contributed by atoms with van der Waals surface area (Å²) >= 11 is 0. The van der Waals surface area contributed by atoms with Crippen molar-refractivity contribution in [2.45, 2.75) is 5.92 Å².